The van der Waals surface area contributed by atoms with E-state index in [1.165, 1.54) is 25.3 Å². The average Bonchev–Trinajstić information content (AvgIpc) is 2.50. The second-order valence-electron chi connectivity index (χ2n) is 3.98. The van der Waals surface area contributed by atoms with Crippen LogP contribution in [0.1, 0.15) is 12.5 Å². The van der Waals surface area contributed by atoms with Crippen LogP contribution in [-0.4, -0.2) is 37.4 Å². The number of hydrogen-bond acceptors (Lipinski definition) is 6. The van der Waals surface area contributed by atoms with Crippen LogP contribution in [0.15, 0.2) is 23.8 Å². The van der Waals surface area contributed by atoms with E-state index in [1.54, 1.807) is 19.1 Å². The summed E-state index contributed by atoms with van der Waals surface area (Å²) in [5.41, 5.74) is 0.368. The lowest BCUT2D eigenvalue weighted by Gasteiger charge is -2.09. The lowest BCUT2D eigenvalue weighted by Crippen LogP contribution is -2.10. The van der Waals surface area contributed by atoms with Crippen molar-refractivity contribution < 1.29 is 28.9 Å². The summed E-state index contributed by atoms with van der Waals surface area (Å²) in [4.78, 5) is 22.0. The maximum atomic E-state index is 11.5. The standard InChI is InChI=1S/C15H15NO6/c1-3-21-15(19)11(8-16)6-10-4-5-12(13(7-10)20-2)22-9-14(17)18/h4-7H,3,9H2,1-2H3,(H,17,18). The first-order valence-corrected chi connectivity index (χ1v) is 6.33. The fraction of sp³-hybridized carbons (Fsp3) is 0.267. The molecule has 0 atom stereocenters. The lowest BCUT2D eigenvalue weighted by atomic mass is 10.1. The van der Waals surface area contributed by atoms with E-state index >= 15 is 0 Å². The van der Waals surface area contributed by atoms with E-state index in [9.17, 15) is 9.59 Å². The van der Waals surface area contributed by atoms with Gasteiger partial charge in [-0.15, -0.1) is 0 Å². The van der Waals surface area contributed by atoms with Gasteiger partial charge in [-0.05, 0) is 30.7 Å². The van der Waals surface area contributed by atoms with Crippen molar-refractivity contribution in [2.24, 2.45) is 0 Å². The van der Waals surface area contributed by atoms with E-state index in [-0.39, 0.29) is 23.7 Å². The number of methoxy groups -OCH3 is 1. The molecule has 0 saturated carbocycles. The molecule has 0 heterocycles. The number of nitrogens with zero attached hydrogens (tertiary/aromatic N) is 1. The number of hydrogen-bond donors (Lipinski definition) is 1. The molecule has 1 aromatic carbocycles. The fourth-order valence-electron chi connectivity index (χ4n) is 1.55. The first kappa shape index (κ1) is 17.0. The number of ether oxygens (including phenoxy) is 3. The Morgan fingerprint density at radius 2 is 2.09 bits per heavy atom. The zero-order valence-corrected chi connectivity index (χ0v) is 12.2. The highest BCUT2D eigenvalue weighted by Gasteiger charge is 2.11. The number of benzene rings is 1. The van der Waals surface area contributed by atoms with Crippen LogP contribution in [0.25, 0.3) is 6.08 Å². The topological polar surface area (TPSA) is 106 Å². The molecular weight excluding hydrogens is 290 g/mol. The minimum atomic E-state index is -1.11. The van der Waals surface area contributed by atoms with Crippen LogP contribution in [0.2, 0.25) is 0 Å². The predicted molar refractivity (Wildman–Crippen MR) is 76.3 cm³/mol. The maximum Gasteiger partial charge on any atom is 0.348 e. The monoisotopic (exact) mass is 305 g/mol. The zero-order valence-electron chi connectivity index (χ0n) is 12.2. The van der Waals surface area contributed by atoms with Gasteiger partial charge in [-0.3, -0.25) is 0 Å². The molecule has 7 nitrogen and oxygen atoms in total. The molecule has 1 N–H and O–H groups in total. The van der Waals surface area contributed by atoms with Crippen molar-refractivity contribution in [2.45, 2.75) is 6.92 Å². The molecule has 0 spiro atoms. The number of esters is 1. The molecule has 0 aliphatic carbocycles. The number of carbonyl (C=O) groups is 2. The summed E-state index contributed by atoms with van der Waals surface area (Å²) < 4.78 is 14.9. The number of rotatable bonds is 7. The van der Waals surface area contributed by atoms with E-state index in [1.807, 2.05) is 0 Å². The number of carboxylic acids is 1. The number of aliphatic carboxylic acids is 1. The van der Waals surface area contributed by atoms with Gasteiger partial charge in [0.05, 0.1) is 13.7 Å². The van der Waals surface area contributed by atoms with Gasteiger partial charge >= 0.3 is 11.9 Å². The third kappa shape index (κ3) is 4.83. The van der Waals surface area contributed by atoms with Crippen molar-refractivity contribution in [1.29, 1.82) is 5.26 Å². The van der Waals surface area contributed by atoms with Gasteiger partial charge in [0, 0.05) is 0 Å². The van der Waals surface area contributed by atoms with Gasteiger partial charge in [0.15, 0.2) is 18.1 Å². The van der Waals surface area contributed by atoms with Gasteiger partial charge < -0.3 is 19.3 Å². The third-order valence-electron chi connectivity index (χ3n) is 2.47. The van der Waals surface area contributed by atoms with Crippen LogP contribution in [0, 0.1) is 11.3 Å². The van der Waals surface area contributed by atoms with E-state index in [2.05, 4.69) is 0 Å². The second-order valence-corrected chi connectivity index (χ2v) is 3.98. The molecular formula is C15H15NO6. The van der Waals surface area contributed by atoms with Gasteiger partial charge in [-0.2, -0.15) is 5.26 Å². The highest BCUT2D eigenvalue weighted by atomic mass is 16.5. The van der Waals surface area contributed by atoms with Crippen molar-refractivity contribution in [3.8, 4) is 17.6 Å². The van der Waals surface area contributed by atoms with Crippen LogP contribution >= 0.6 is 0 Å². The number of carboxylic acid groups (broad SMARTS) is 1. The number of nitriles is 1. The molecule has 0 aliphatic heterocycles. The van der Waals surface area contributed by atoms with Crippen molar-refractivity contribution in [3.05, 3.63) is 29.3 Å². The normalized spacial score (nSPS) is 10.5. The van der Waals surface area contributed by atoms with Crippen LogP contribution in [0.4, 0.5) is 0 Å². The van der Waals surface area contributed by atoms with Crippen molar-refractivity contribution in [2.75, 3.05) is 20.3 Å². The van der Waals surface area contributed by atoms with Crippen LogP contribution in [-0.2, 0) is 14.3 Å². The van der Waals surface area contributed by atoms with E-state index in [0.29, 0.717) is 5.56 Å². The van der Waals surface area contributed by atoms with E-state index in [4.69, 9.17) is 24.6 Å². The van der Waals surface area contributed by atoms with Gasteiger partial charge in [0.1, 0.15) is 11.6 Å². The number of carbonyl (C=O) groups excluding carboxylic acids is 1. The van der Waals surface area contributed by atoms with Gasteiger partial charge in [-0.1, -0.05) is 6.07 Å². The summed E-state index contributed by atoms with van der Waals surface area (Å²) in [6.07, 6.45) is 1.35. The first-order valence-electron chi connectivity index (χ1n) is 6.33. The highest BCUT2D eigenvalue weighted by molar-refractivity contribution is 5.97. The Morgan fingerprint density at radius 3 is 2.64 bits per heavy atom. The summed E-state index contributed by atoms with van der Waals surface area (Å²) in [6, 6.07) is 6.35. The molecule has 0 aromatic heterocycles. The molecule has 0 aliphatic rings. The summed E-state index contributed by atoms with van der Waals surface area (Å²) in [7, 11) is 1.40. The Balaban J connectivity index is 3.04. The highest BCUT2D eigenvalue weighted by Crippen LogP contribution is 2.29. The Kier molecular flexibility index (Phi) is 6.44. The molecule has 0 radical (unpaired) electrons. The van der Waals surface area contributed by atoms with Gasteiger partial charge in [-0.25, -0.2) is 9.59 Å². The molecule has 0 unspecified atom stereocenters. The molecule has 1 aromatic rings. The fourth-order valence-corrected chi connectivity index (χ4v) is 1.55. The molecule has 0 saturated heterocycles. The Labute approximate surface area is 127 Å². The van der Waals surface area contributed by atoms with Gasteiger partial charge in [0.25, 0.3) is 0 Å². The largest absolute Gasteiger partial charge is 0.493 e. The molecule has 0 fully saturated rings. The molecule has 1 rings (SSSR count). The molecule has 22 heavy (non-hydrogen) atoms. The van der Waals surface area contributed by atoms with Crippen LogP contribution < -0.4 is 9.47 Å². The Bertz CT molecular complexity index is 629. The SMILES string of the molecule is CCOC(=O)C(C#N)=Cc1ccc(OCC(=O)O)c(OC)c1. The zero-order chi connectivity index (χ0) is 16.5. The minimum Gasteiger partial charge on any atom is -0.493 e. The van der Waals surface area contributed by atoms with E-state index < -0.39 is 18.5 Å². The van der Waals surface area contributed by atoms with E-state index in [0.717, 1.165) is 0 Å². The second kappa shape index (κ2) is 8.32. The molecule has 7 heteroatoms. The summed E-state index contributed by atoms with van der Waals surface area (Å²) in [5, 5.41) is 17.6. The lowest BCUT2D eigenvalue weighted by molar-refractivity contribution is -0.139. The summed E-state index contributed by atoms with van der Waals surface area (Å²) in [5.74, 6) is -1.29. The van der Waals surface area contributed by atoms with Gasteiger partial charge in [0.2, 0.25) is 0 Å². The van der Waals surface area contributed by atoms with Crippen molar-refractivity contribution in [3.63, 3.8) is 0 Å². The first-order chi connectivity index (χ1) is 10.5. The summed E-state index contributed by atoms with van der Waals surface area (Å²) >= 11 is 0. The Hall–Kier alpha value is -3.01. The third-order valence-corrected chi connectivity index (χ3v) is 2.47. The van der Waals surface area contributed by atoms with Crippen LogP contribution in [0.5, 0.6) is 11.5 Å². The molecule has 116 valence electrons. The Morgan fingerprint density at radius 1 is 1.36 bits per heavy atom. The van der Waals surface area contributed by atoms with Crippen molar-refractivity contribution in [1.82, 2.24) is 0 Å². The molecule has 0 amide bonds. The van der Waals surface area contributed by atoms with Crippen molar-refractivity contribution >= 4 is 18.0 Å². The molecule has 0 bridgehead atoms. The average molecular weight is 305 g/mol. The van der Waals surface area contributed by atoms with Crippen LogP contribution in [0.3, 0.4) is 0 Å². The smallest absolute Gasteiger partial charge is 0.348 e. The minimum absolute atomic E-state index is 0.150. The quantitative estimate of drug-likeness (QED) is 0.463. The predicted octanol–water partition coefficient (Wildman–Crippen LogP) is 1.63. The maximum absolute atomic E-state index is 11.5. The summed E-state index contributed by atoms with van der Waals surface area (Å²) in [6.45, 7) is 1.31.